The van der Waals surface area contributed by atoms with E-state index in [1.165, 1.54) is 0 Å². The van der Waals surface area contributed by atoms with Crippen LogP contribution >= 0.6 is 0 Å². The van der Waals surface area contributed by atoms with Gasteiger partial charge in [-0.05, 0) is 13.1 Å². The summed E-state index contributed by atoms with van der Waals surface area (Å²) < 4.78 is 0. The van der Waals surface area contributed by atoms with Gasteiger partial charge in [0.1, 0.15) is 18.2 Å². The first-order valence-corrected chi connectivity index (χ1v) is 4.19. The Bertz CT molecular complexity index is 153. The smallest absolute Gasteiger partial charge is 0.108 e. The second-order valence-electron chi connectivity index (χ2n) is 2.89. The Morgan fingerprint density at radius 1 is 1.23 bits per heavy atom. The summed E-state index contributed by atoms with van der Waals surface area (Å²) in [5.41, 5.74) is 0. The van der Waals surface area contributed by atoms with Crippen molar-refractivity contribution in [1.82, 2.24) is 0 Å². The minimum Gasteiger partial charge on any atom is -0.394 e. The maximum absolute atomic E-state index is 9.38. The third-order valence-electron chi connectivity index (χ3n) is 1.98. The average molecular weight is 191 g/mol. The van der Waals surface area contributed by atoms with Crippen molar-refractivity contribution < 1.29 is 20.4 Å². The molecule has 0 saturated carbocycles. The molecule has 0 heterocycles. The van der Waals surface area contributed by atoms with E-state index in [2.05, 4.69) is 11.7 Å². The molecule has 0 spiro atoms. The molecule has 0 aromatic heterocycles. The molecule has 0 aliphatic rings. The predicted molar refractivity (Wildman–Crippen MR) is 48.7 cm³/mol. The van der Waals surface area contributed by atoms with E-state index in [4.69, 9.17) is 5.11 Å². The maximum atomic E-state index is 9.38. The molecule has 78 valence electrons. The highest BCUT2D eigenvalue weighted by Gasteiger charge is 2.29. The summed E-state index contributed by atoms with van der Waals surface area (Å²) in [5.74, 6) is 0. The zero-order chi connectivity index (χ0) is 10.4. The molecule has 0 radical (unpaired) electrons. The van der Waals surface area contributed by atoms with Gasteiger partial charge in [0.05, 0.1) is 12.7 Å². The molecule has 0 aliphatic heterocycles. The Morgan fingerprint density at radius 3 is 2.08 bits per heavy atom. The first-order chi connectivity index (χ1) is 6.08. The molecule has 0 aliphatic carbocycles. The molecule has 4 unspecified atom stereocenters. The van der Waals surface area contributed by atoms with Crippen LogP contribution in [0.25, 0.3) is 0 Å². The van der Waals surface area contributed by atoms with Crippen LogP contribution in [0.4, 0.5) is 0 Å². The molecule has 0 bridgehead atoms. The molecule has 4 atom stereocenters. The van der Waals surface area contributed by atoms with Crippen molar-refractivity contribution >= 4 is 6.72 Å². The molecule has 5 heteroatoms. The summed E-state index contributed by atoms with van der Waals surface area (Å²) in [4.78, 5) is 3.42. The van der Waals surface area contributed by atoms with Gasteiger partial charge in [0.15, 0.2) is 0 Å². The highest BCUT2D eigenvalue weighted by Crippen LogP contribution is 2.09. The van der Waals surface area contributed by atoms with Crippen LogP contribution in [0.3, 0.4) is 0 Å². The van der Waals surface area contributed by atoms with Gasteiger partial charge in [-0.15, -0.1) is 0 Å². The Labute approximate surface area is 77.4 Å². The molecular formula is C8H17NO4. The molecule has 4 N–H and O–H groups in total. The maximum Gasteiger partial charge on any atom is 0.108 e. The average Bonchev–Trinajstić information content (AvgIpc) is 2.17. The lowest BCUT2D eigenvalue weighted by Gasteiger charge is -2.25. The van der Waals surface area contributed by atoms with E-state index in [0.717, 1.165) is 0 Å². The van der Waals surface area contributed by atoms with Crippen LogP contribution in [-0.4, -0.2) is 58.1 Å². The van der Waals surface area contributed by atoms with Crippen molar-refractivity contribution in [3.05, 3.63) is 0 Å². The largest absolute Gasteiger partial charge is 0.394 e. The fraction of sp³-hybridized carbons (Fsp3) is 0.875. The lowest BCUT2D eigenvalue weighted by atomic mass is 10.0. The Hall–Kier alpha value is -0.490. The SMILES string of the molecule is C=NC(CO)C(O)C(O)C(O)CC. The van der Waals surface area contributed by atoms with Gasteiger partial charge in [0, 0.05) is 0 Å². The van der Waals surface area contributed by atoms with Gasteiger partial charge in [-0.25, -0.2) is 0 Å². The van der Waals surface area contributed by atoms with Crippen molar-refractivity contribution in [1.29, 1.82) is 0 Å². The van der Waals surface area contributed by atoms with Crippen molar-refractivity contribution in [2.24, 2.45) is 4.99 Å². The number of hydrogen-bond acceptors (Lipinski definition) is 5. The zero-order valence-corrected chi connectivity index (χ0v) is 7.67. The monoisotopic (exact) mass is 191 g/mol. The highest BCUT2D eigenvalue weighted by atomic mass is 16.4. The normalized spacial score (nSPS) is 20.4. The molecule has 0 fully saturated rings. The topological polar surface area (TPSA) is 93.3 Å². The van der Waals surface area contributed by atoms with Crippen LogP contribution < -0.4 is 0 Å². The predicted octanol–water partition coefficient (Wildman–Crippen LogP) is -1.46. The van der Waals surface area contributed by atoms with Crippen LogP contribution in [0.2, 0.25) is 0 Å². The molecule has 0 amide bonds. The van der Waals surface area contributed by atoms with Gasteiger partial charge >= 0.3 is 0 Å². The van der Waals surface area contributed by atoms with Gasteiger partial charge in [-0.3, -0.25) is 4.99 Å². The highest BCUT2D eigenvalue weighted by molar-refractivity contribution is 5.24. The van der Waals surface area contributed by atoms with E-state index in [-0.39, 0.29) is 0 Å². The number of rotatable bonds is 6. The standard InChI is InChI=1S/C8H17NO4/c1-3-6(11)8(13)7(12)5(4-10)9-2/h5-8,10-13H,2-4H2,1H3. The molecule has 13 heavy (non-hydrogen) atoms. The number of aliphatic hydroxyl groups is 4. The molecule has 5 nitrogen and oxygen atoms in total. The van der Waals surface area contributed by atoms with Crippen LogP contribution in [0, 0.1) is 0 Å². The number of hydrogen-bond donors (Lipinski definition) is 4. The minimum absolute atomic E-state index is 0.327. The van der Waals surface area contributed by atoms with Gasteiger partial charge in [-0.1, -0.05) is 6.92 Å². The second-order valence-corrected chi connectivity index (χ2v) is 2.89. The van der Waals surface area contributed by atoms with Gasteiger partial charge < -0.3 is 20.4 Å². The van der Waals surface area contributed by atoms with Crippen LogP contribution in [0.5, 0.6) is 0 Å². The van der Waals surface area contributed by atoms with E-state index < -0.39 is 31.0 Å². The number of aliphatic imine (C=N–C) groups is 1. The molecule has 0 saturated heterocycles. The van der Waals surface area contributed by atoms with Gasteiger partial charge in [0.25, 0.3) is 0 Å². The summed E-state index contributed by atoms with van der Waals surface area (Å²) in [6, 6.07) is -0.851. The first kappa shape index (κ1) is 12.5. The molecule has 0 rings (SSSR count). The van der Waals surface area contributed by atoms with E-state index >= 15 is 0 Å². The minimum atomic E-state index is -1.30. The first-order valence-electron chi connectivity index (χ1n) is 4.19. The van der Waals surface area contributed by atoms with Crippen molar-refractivity contribution in [3.63, 3.8) is 0 Å². The van der Waals surface area contributed by atoms with E-state index in [9.17, 15) is 15.3 Å². The van der Waals surface area contributed by atoms with Gasteiger partial charge in [-0.2, -0.15) is 0 Å². The third kappa shape index (κ3) is 3.40. The fourth-order valence-electron chi connectivity index (χ4n) is 0.970. The molecular weight excluding hydrogens is 174 g/mol. The Kier molecular flexibility index (Phi) is 5.81. The number of aliphatic hydroxyl groups excluding tert-OH is 4. The fourth-order valence-corrected chi connectivity index (χ4v) is 0.970. The summed E-state index contributed by atoms with van der Waals surface area (Å²) >= 11 is 0. The van der Waals surface area contributed by atoms with E-state index in [0.29, 0.717) is 6.42 Å². The summed E-state index contributed by atoms with van der Waals surface area (Å²) in [6.07, 6.45) is -3.26. The van der Waals surface area contributed by atoms with E-state index in [1.807, 2.05) is 0 Å². The van der Waals surface area contributed by atoms with Crippen molar-refractivity contribution in [3.8, 4) is 0 Å². The number of nitrogens with zero attached hydrogens (tertiary/aromatic N) is 1. The molecule has 0 aromatic rings. The van der Waals surface area contributed by atoms with Crippen molar-refractivity contribution in [2.75, 3.05) is 6.61 Å². The Balaban J connectivity index is 4.21. The van der Waals surface area contributed by atoms with Crippen molar-refractivity contribution in [2.45, 2.75) is 37.7 Å². The quantitative estimate of drug-likeness (QED) is 0.386. The van der Waals surface area contributed by atoms with Crippen LogP contribution in [-0.2, 0) is 0 Å². The van der Waals surface area contributed by atoms with Crippen LogP contribution in [0.1, 0.15) is 13.3 Å². The lowest BCUT2D eigenvalue weighted by Crippen LogP contribution is -2.44. The summed E-state index contributed by atoms with van der Waals surface area (Å²) in [5, 5.41) is 36.6. The zero-order valence-electron chi connectivity index (χ0n) is 7.67. The van der Waals surface area contributed by atoms with Crippen LogP contribution in [0.15, 0.2) is 4.99 Å². The van der Waals surface area contributed by atoms with Gasteiger partial charge in [0.2, 0.25) is 0 Å². The lowest BCUT2D eigenvalue weighted by molar-refractivity contribution is -0.0728. The Morgan fingerprint density at radius 2 is 1.77 bits per heavy atom. The third-order valence-corrected chi connectivity index (χ3v) is 1.98. The van der Waals surface area contributed by atoms with E-state index in [1.54, 1.807) is 6.92 Å². The second kappa shape index (κ2) is 6.04. The summed E-state index contributed by atoms with van der Waals surface area (Å²) in [6.45, 7) is 4.43. The molecule has 0 aromatic carbocycles. The summed E-state index contributed by atoms with van der Waals surface area (Å²) in [7, 11) is 0.